The molecule has 9 atom stereocenters. The molecule has 0 aromatic heterocycles. The average molecular weight is 602 g/mol. The van der Waals surface area contributed by atoms with Crippen LogP contribution < -0.4 is 5.06 Å². The second-order valence-electron chi connectivity index (χ2n) is 12.4. The molecule has 1 aromatic rings. The van der Waals surface area contributed by atoms with Crippen molar-refractivity contribution in [2.24, 2.45) is 28.6 Å². The number of halogens is 6. The van der Waals surface area contributed by atoms with Crippen LogP contribution in [0.25, 0.3) is 0 Å². The molecule has 222 valence electrons. The van der Waals surface area contributed by atoms with Gasteiger partial charge in [0, 0.05) is 22.7 Å². The molecule has 0 amide bonds. The lowest BCUT2D eigenvalue weighted by Gasteiger charge is -2.63. The standard InChI is InChI=1S/C29H29ClF5NO5/c1-25-6-5-16(38)9-20(25)22(31)10-18-17-7-14-12-36(15-3-4-21(30)19(8-15)29(33,34)35)41-28(14,24(40)13-37)26(17,2)11-23(39)27(18,25)32/h3-6,8-9,14,17-18,22-23,37,39H,7,10-13H2,1-2H3/t14-,17?,18-,22-,23-,25-,26-,27-,28-/m0/s1. The van der Waals surface area contributed by atoms with E-state index in [1.807, 2.05) is 0 Å². The molecule has 0 spiro atoms. The first-order valence-electron chi connectivity index (χ1n) is 13.5. The third-order valence-electron chi connectivity index (χ3n) is 10.7. The number of nitrogens with zero attached hydrogens (tertiary/aromatic N) is 1. The molecule has 3 saturated carbocycles. The topological polar surface area (TPSA) is 87.1 Å². The minimum Gasteiger partial charge on any atom is -0.390 e. The molecular weight excluding hydrogens is 573 g/mol. The molecule has 6 nitrogen and oxygen atoms in total. The fourth-order valence-electron chi connectivity index (χ4n) is 8.91. The van der Waals surface area contributed by atoms with E-state index in [0.717, 1.165) is 23.3 Å². The minimum atomic E-state index is -4.75. The SMILES string of the molecule is C[C@]12C=CC(=O)C=C1[C@@H](F)C[C@H]1C3C[C@H]4CN(c5ccc(Cl)c(C(F)(F)F)c5)O[C@@]4(C(=O)CO)[C@@]3(C)C[C@H](O)[C@@]12F. The number of aliphatic hydroxyl groups excluding tert-OH is 2. The Morgan fingerprint density at radius 3 is 2.59 bits per heavy atom. The normalized spacial score (nSPS) is 43.3. The summed E-state index contributed by atoms with van der Waals surface area (Å²) in [5.41, 5.74) is -8.24. The van der Waals surface area contributed by atoms with Crippen LogP contribution in [0.15, 0.2) is 42.0 Å². The highest BCUT2D eigenvalue weighted by Crippen LogP contribution is 2.72. The quantitative estimate of drug-likeness (QED) is 0.477. The first-order chi connectivity index (χ1) is 19.0. The van der Waals surface area contributed by atoms with Crippen LogP contribution in [-0.4, -0.2) is 58.5 Å². The van der Waals surface area contributed by atoms with E-state index in [9.17, 15) is 33.0 Å². The number of aliphatic hydroxyl groups is 2. The maximum Gasteiger partial charge on any atom is 0.417 e. The molecule has 0 bridgehead atoms. The van der Waals surface area contributed by atoms with E-state index in [-0.39, 0.29) is 37.1 Å². The van der Waals surface area contributed by atoms with Crippen molar-refractivity contribution in [1.29, 1.82) is 0 Å². The molecule has 6 rings (SSSR count). The number of anilines is 1. The lowest BCUT2D eigenvalue weighted by atomic mass is 9.44. The Morgan fingerprint density at radius 1 is 1.22 bits per heavy atom. The Bertz CT molecular complexity index is 1400. The van der Waals surface area contributed by atoms with Gasteiger partial charge in [-0.15, -0.1) is 0 Å². The predicted octanol–water partition coefficient (Wildman–Crippen LogP) is 4.96. The number of hydrogen-bond acceptors (Lipinski definition) is 6. The highest BCUT2D eigenvalue weighted by atomic mass is 35.5. The molecule has 4 aliphatic carbocycles. The molecule has 0 radical (unpaired) electrons. The van der Waals surface area contributed by atoms with E-state index in [1.54, 1.807) is 6.92 Å². The van der Waals surface area contributed by atoms with Crippen molar-refractivity contribution in [2.75, 3.05) is 18.2 Å². The van der Waals surface area contributed by atoms with Gasteiger partial charge >= 0.3 is 6.18 Å². The van der Waals surface area contributed by atoms with E-state index >= 15 is 8.78 Å². The number of rotatable bonds is 3. The van der Waals surface area contributed by atoms with E-state index in [1.165, 1.54) is 25.1 Å². The minimum absolute atomic E-state index is 0.0154. The zero-order chi connectivity index (χ0) is 29.9. The fraction of sp³-hybridized carbons (Fsp3) is 0.586. The Balaban J connectivity index is 1.43. The Hall–Kier alpha value is -2.34. The number of benzene rings is 1. The van der Waals surface area contributed by atoms with Gasteiger partial charge in [-0.3, -0.25) is 19.5 Å². The van der Waals surface area contributed by atoms with Crippen LogP contribution in [0.2, 0.25) is 5.02 Å². The number of carbonyl (C=O) groups is 2. The van der Waals surface area contributed by atoms with Gasteiger partial charge in [0.15, 0.2) is 22.8 Å². The van der Waals surface area contributed by atoms with Gasteiger partial charge in [-0.25, -0.2) is 8.78 Å². The van der Waals surface area contributed by atoms with E-state index in [2.05, 4.69) is 0 Å². The van der Waals surface area contributed by atoms with Gasteiger partial charge in [-0.05, 0) is 68.0 Å². The average Bonchev–Trinajstić information content (AvgIpc) is 3.39. The lowest BCUT2D eigenvalue weighted by molar-refractivity contribution is -0.228. The summed E-state index contributed by atoms with van der Waals surface area (Å²) in [5.74, 6) is -3.68. The highest BCUT2D eigenvalue weighted by molar-refractivity contribution is 6.31. The van der Waals surface area contributed by atoms with Crippen molar-refractivity contribution in [1.82, 2.24) is 0 Å². The number of fused-ring (bicyclic) bond motifs is 7. The summed E-state index contributed by atoms with van der Waals surface area (Å²) in [7, 11) is 0. The van der Waals surface area contributed by atoms with Crippen LogP contribution in [0, 0.1) is 28.6 Å². The number of allylic oxidation sites excluding steroid dienone is 4. The third-order valence-corrected chi connectivity index (χ3v) is 11.1. The Morgan fingerprint density at radius 2 is 1.93 bits per heavy atom. The van der Waals surface area contributed by atoms with Crippen LogP contribution in [0.1, 0.15) is 38.7 Å². The number of carbonyl (C=O) groups excluding carboxylic acids is 2. The summed E-state index contributed by atoms with van der Waals surface area (Å²) in [6.45, 7) is 2.09. The van der Waals surface area contributed by atoms with Crippen molar-refractivity contribution in [3.8, 4) is 0 Å². The monoisotopic (exact) mass is 601 g/mol. The highest BCUT2D eigenvalue weighted by Gasteiger charge is 2.79. The van der Waals surface area contributed by atoms with E-state index in [0.29, 0.717) is 0 Å². The van der Waals surface area contributed by atoms with Crippen molar-refractivity contribution >= 4 is 28.9 Å². The molecule has 1 aliphatic heterocycles. The van der Waals surface area contributed by atoms with E-state index in [4.69, 9.17) is 16.4 Å². The molecule has 12 heteroatoms. The summed E-state index contributed by atoms with van der Waals surface area (Å²) in [4.78, 5) is 31.8. The fourth-order valence-corrected chi connectivity index (χ4v) is 9.13. The Kier molecular flexibility index (Phi) is 6.20. The number of alkyl halides is 5. The number of ketones is 2. The summed E-state index contributed by atoms with van der Waals surface area (Å²) in [5, 5.41) is 22.2. The first-order valence-corrected chi connectivity index (χ1v) is 13.9. The van der Waals surface area contributed by atoms with Crippen molar-refractivity contribution < 1.29 is 46.6 Å². The summed E-state index contributed by atoms with van der Waals surface area (Å²) >= 11 is 5.78. The van der Waals surface area contributed by atoms with Gasteiger partial charge in [-0.1, -0.05) is 24.6 Å². The molecule has 5 aliphatic rings. The van der Waals surface area contributed by atoms with Crippen molar-refractivity contribution in [3.05, 3.63) is 52.6 Å². The molecule has 1 aromatic carbocycles. The number of Topliss-reactive ketones (excluding diaryl/α,β-unsaturated/α-hetero) is 1. The molecule has 4 fully saturated rings. The molecule has 1 unspecified atom stereocenters. The number of hydroxylamine groups is 1. The van der Waals surface area contributed by atoms with Gasteiger partial charge in [0.25, 0.3) is 0 Å². The maximum absolute atomic E-state index is 17.4. The summed E-state index contributed by atoms with van der Waals surface area (Å²) in [6, 6.07) is 3.20. The van der Waals surface area contributed by atoms with Gasteiger partial charge in [0.2, 0.25) is 0 Å². The van der Waals surface area contributed by atoms with Crippen LogP contribution in [0.4, 0.5) is 27.6 Å². The summed E-state index contributed by atoms with van der Waals surface area (Å²) in [6.07, 6.45) is -5.04. The van der Waals surface area contributed by atoms with Crippen LogP contribution >= 0.6 is 11.6 Å². The van der Waals surface area contributed by atoms with Gasteiger partial charge in [-0.2, -0.15) is 13.2 Å². The second-order valence-corrected chi connectivity index (χ2v) is 12.8. The van der Waals surface area contributed by atoms with Crippen LogP contribution in [0.3, 0.4) is 0 Å². The lowest BCUT2D eigenvalue weighted by Crippen LogP contribution is -2.70. The first kappa shape index (κ1) is 28.8. The second kappa shape index (κ2) is 8.84. The maximum atomic E-state index is 17.4. The molecular formula is C29H29ClF5NO5. The third kappa shape index (κ3) is 3.52. The molecule has 1 heterocycles. The molecule has 2 N–H and O–H groups in total. The van der Waals surface area contributed by atoms with Crippen LogP contribution in [0.5, 0.6) is 0 Å². The summed E-state index contributed by atoms with van der Waals surface area (Å²) < 4.78 is 73.9. The Labute approximate surface area is 237 Å². The number of hydrogen-bond donors (Lipinski definition) is 2. The molecule has 1 saturated heterocycles. The largest absolute Gasteiger partial charge is 0.417 e. The van der Waals surface area contributed by atoms with Crippen molar-refractivity contribution in [2.45, 2.75) is 62.8 Å². The predicted molar refractivity (Wildman–Crippen MR) is 137 cm³/mol. The van der Waals surface area contributed by atoms with Gasteiger partial charge in [0.05, 0.1) is 28.9 Å². The zero-order valence-electron chi connectivity index (χ0n) is 22.2. The van der Waals surface area contributed by atoms with Crippen LogP contribution in [-0.2, 0) is 20.6 Å². The zero-order valence-corrected chi connectivity index (χ0v) is 23.0. The smallest absolute Gasteiger partial charge is 0.390 e. The van der Waals surface area contributed by atoms with Gasteiger partial charge in [0.1, 0.15) is 12.8 Å². The molecule has 41 heavy (non-hydrogen) atoms. The van der Waals surface area contributed by atoms with Crippen molar-refractivity contribution in [3.63, 3.8) is 0 Å². The van der Waals surface area contributed by atoms with E-state index < -0.39 is 87.1 Å². The van der Waals surface area contributed by atoms with Gasteiger partial charge < -0.3 is 10.2 Å².